The van der Waals surface area contributed by atoms with Crippen LogP contribution in [0.4, 0.5) is 0 Å². The van der Waals surface area contributed by atoms with Crippen molar-refractivity contribution in [1.82, 2.24) is 4.90 Å². The van der Waals surface area contributed by atoms with E-state index >= 15 is 0 Å². The van der Waals surface area contributed by atoms with Crippen LogP contribution < -0.4 is 5.43 Å². The van der Waals surface area contributed by atoms with Crippen LogP contribution in [0.25, 0.3) is 11.0 Å². The van der Waals surface area contributed by atoms with Gasteiger partial charge in [0, 0.05) is 37.6 Å². The summed E-state index contributed by atoms with van der Waals surface area (Å²) in [5.41, 5.74) is 0.922. The molecule has 1 fully saturated rings. The van der Waals surface area contributed by atoms with E-state index in [9.17, 15) is 9.59 Å². The van der Waals surface area contributed by atoms with Crippen molar-refractivity contribution in [3.8, 4) is 0 Å². The number of benzene rings is 1. The van der Waals surface area contributed by atoms with E-state index < -0.39 is 6.29 Å². The van der Waals surface area contributed by atoms with E-state index in [1.165, 1.54) is 12.7 Å². The van der Waals surface area contributed by atoms with Gasteiger partial charge in [-0.1, -0.05) is 31.4 Å². The fourth-order valence-corrected chi connectivity index (χ4v) is 4.71. The lowest BCUT2D eigenvalue weighted by molar-refractivity contribution is -0.153. The summed E-state index contributed by atoms with van der Waals surface area (Å²) >= 11 is 0. The molecule has 2 aromatic rings. The lowest BCUT2D eigenvalue weighted by Gasteiger charge is -2.34. The number of allylic oxidation sites excluding steroid dienone is 1. The van der Waals surface area contributed by atoms with Crippen LogP contribution in [0.5, 0.6) is 0 Å². The Kier molecular flexibility index (Phi) is 7.83. The predicted octanol–water partition coefficient (Wildman–Crippen LogP) is 4.09. The third-order valence-electron chi connectivity index (χ3n) is 6.67. The Hall–Kier alpha value is -2.64. The van der Waals surface area contributed by atoms with Gasteiger partial charge in [-0.15, -0.1) is 0 Å². The standard InChI is InChI=1S/C26H33NO6/c1-27(19-9-3-2-4-10-19)26(30)23-15-18(16-24(33-23)31-14-8-7-13-28)21-17-32-22-12-6-5-11-20(22)25(21)29/h5-6,11-12,15,17-19,24,28H,2-4,7-10,13-14,16H2,1H3. The zero-order valence-electron chi connectivity index (χ0n) is 19.2. The normalized spacial score (nSPS) is 21.5. The first-order chi connectivity index (χ1) is 16.1. The molecule has 4 rings (SSSR count). The number of unbranched alkanes of at least 4 members (excludes halogenated alkanes) is 1. The van der Waals surface area contributed by atoms with Gasteiger partial charge >= 0.3 is 0 Å². The highest BCUT2D eigenvalue weighted by Crippen LogP contribution is 2.32. The Morgan fingerprint density at radius 2 is 1.97 bits per heavy atom. The van der Waals surface area contributed by atoms with E-state index in [-0.39, 0.29) is 35.7 Å². The van der Waals surface area contributed by atoms with Gasteiger partial charge in [-0.05, 0) is 43.9 Å². The number of amides is 1. The fourth-order valence-electron chi connectivity index (χ4n) is 4.71. The number of carbonyl (C=O) groups excluding carboxylic acids is 1. The Bertz CT molecular complexity index is 1040. The zero-order valence-corrected chi connectivity index (χ0v) is 19.2. The van der Waals surface area contributed by atoms with E-state index in [1.54, 1.807) is 23.1 Å². The Morgan fingerprint density at radius 1 is 1.18 bits per heavy atom. The SMILES string of the molecule is CN(C(=O)C1=CC(c2coc3ccccc3c2=O)CC(OCCCCO)O1)C1CCCCC1. The van der Waals surface area contributed by atoms with Crippen molar-refractivity contribution in [2.45, 2.75) is 69.6 Å². The quantitative estimate of drug-likeness (QED) is 0.603. The average molecular weight is 456 g/mol. The first-order valence-corrected chi connectivity index (χ1v) is 12.0. The molecule has 178 valence electrons. The lowest BCUT2D eigenvalue weighted by Crippen LogP contribution is -2.41. The van der Waals surface area contributed by atoms with Crippen LogP contribution in [0.1, 0.15) is 62.8 Å². The Labute approximate surface area is 194 Å². The molecule has 0 bridgehead atoms. The number of fused-ring (bicyclic) bond motifs is 1. The fraction of sp³-hybridized carbons (Fsp3) is 0.538. The molecule has 0 radical (unpaired) electrons. The van der Waals surface area contributed by atoms with Gasteiger partial charge in [0.05, 0.1) is 18.3 Å². The summed E-state index contributed by atoms with van der Waals surface area (Å²) in [5.74, 6) is -0.319. The van der Waals surface area contributed by atoms with Crippen molar-refractivity contribution in [2.75, 3.05) is 20.3 Å². The van der Waals surface area contributed by atoms with Crippen molar-refractivity contribution < 1.29 is 23.8 Å². The molecule has 1 aromatic heterocycles. The first kappa shape index (κ1) is 23.5. The summed E-state index contributed by atoms with van der Waals surface area (Å²) in [5, 5.41) is 9.54. The second kappa shape index (κ2) is 11.0. The number of hydrogen-bond acceptors (Lipinski definition) is 6. The number of hydrogen-bond donors (Lipinski definition) is 1. The summed E-state index contributed by atoms with van der Waals surface area (Å²) in [4.78, 5) is 28.3. The number of aliphatic hydroxyl groups is 1. The molecule has 2 heterocycles. The second-order valence-corrected chi connectivity index (χ2v) is 8.95. The molecular weight excluding hydrogens is 422 g/mol. The summed E-state index contributed by atoms with van der Waals surface area (Å²) in [6, 6.07) is 7.35. The van der Waals surface area contributed by atoms with Gasteiger partial charge in [0.2, 0.25) is 6.29 Å². The van der Waals surface area contributed by atoms with Crippen LogP contribution >= 0.6 is 0 Å². The van der Waals surface area contributed by atoms with Gasteiger partial charge in [-0.25, -0.2) is 0 Å². The largest absolute Gasteiger partial charge is 0.464 e. The van der Waals surface area contributed by atoms with Gasteiger partial charge in [0.15, 0.2) is 11.2 Å². The second-order valence-electron chi connectivity index (χ2n) is 8.95. The molecule has 0 spiro atoms. The number of aliphatic hydroxyl groups excluding tert-OH is 1. The van der Waals surface area contributed by atoms with E-state index in [1.807, 2.05) is 19.2 Å². The maximum atomic E-state index is 13.3. The van der Waals surface area contributed by atoms with E-state index in [4.69, 9.17) is 19.0 Å². The van der Waals surface area contributed by atoms with Gasteiger partial charge in [-0.3, -0.25) is 9.59 Å². The van der Waals surface area contributed by atoms with Gasteiger partial charge in [-0.2, -0.15) is 0 Å². The van der Waals surface area contributed by atoms with Crippen LogP contribution in [-0.4, -0.2) is 48.5 Å². The molecule has 1 N–H and O–H groups in total. The molecule has 33 heavy (non-hydrogen) atoms. The average Bonchev–Trinajstić information content (AvgIpc) is 2.86. The van der Waals surface area contributed by atoms with Crippen molar-refractivity contribution in [1.29, 1.82) is 0 Å². The highest BCUT2D eigenvalue weighted by Gasteiger charge is 2.33. The number of rotatable bonds is 8. The summed E-state index contributed by atoms with van der Waals surface area (Å²) < 4.78 is 17.6. The predicted molar refractivity (Wildman–Crippen MR) is 125 cm³/mol. The van der Waals surface area contributed by atoms with Crippen LogP contribution in [0.3, 0.4) is 0 Å². The molecule has 2 unspecified atom stereocenters. The molecule has 1 aliphatic carbocycles. The Balaban J connectivity index is 1.60. The van der Waals surface area contributed by atoms with Crippen molar-refractivity contribution in [3.63, 3.8) is 0 Å². The number of para-hydroxylation sites is 1. The van der Waals surface area contributed by atoms with Gasteiger partial charge < -0.3 is 23.9 Å². The van der Waals surface area contributed by atoms with E-state index in [0.717, 1.165) is 25.7 Å². The van der Waals surface area contributed by atoms with Crippen molar-refractivity contribution in [3.05, 3.63) is 58.2 Å². The number of nitrogens with zero attached hydrogens (tertiary/aromatic N) is 1. The van der Waals surface area contributed by atoms with Gasteiger partial charge in [0.25, 0.3) is 5.91 Å². The topological polar surface area (TPSA) is 89.2 Å². The van der Waals surface area contributed by atoms with Crippen molar-refractivity contribution >= 4 is 16.9 Å². The number of ether oxygens (including phenoxy) is 2. The highest BCUT2D eigenvalue weighted by atomic mass is 16.7. The Morgan fingerprint density at radius 3 is 2.76 bits per heavy atom. The molecule has 0 saturated heterocycles. The first-order valence-electron chi connectivity index (χ1n) is 12.0. The minimum atomic E-state index is -0.650. The lowest BCUT2D eigenvalue weighted by atomic mass is 9.92. The van der Waals surface area contributed by atoms with Crippen molar-refractivity contribution in [2.24, 2.45) is 0 Å². The molecule has 1 saturated carbocycles. The summed E-state index contributed by atoms with van der Waals surface area (Å²) in [7, 11) is 1.83. The van der Waals surface area contributed by atoms with E-state index in [0.29, 0.717) is 42.4 Å². The maximum Gasteiger partial charge on any atom is 0.288 e. The molecule has 2 aliphatic rings. The number of carbonyl (C=O) groups is 1. The van der Waals surface area contributed by atoms with Gasteiger partial charge in [0.1, 0.15) is 5.58 Å². The highest BCUT2D eigenvalue weighted by molar-refractivity contribution is 5.92. The molecule has 7 nitrogen and oxygen atoms in total. The maximum absolute atomic E-state index is 13.3. The molecule has 1 amide bonds. The van der Waals surface area contributed by atoms with Crippen LogP contribution in [0.2, 0.25) is 0 Å². The molecular formula is C26H33NO6. The number of likely N-dealkylation sites (N-methyl/N-ethyl adjacent to an activating group) is 1. The van der Waals surface area contributed by atoms with Crippen LogP contribution in [-0.2, 0) is 14.3 Å². The summed E-state index contributed by atoms with van der Waals surface area (Å²) in [6.07, 6.45) is 9.77. The monoisotopic (exact) mass is 455 g/mol. The third-order valence-corrected chi connectivity index (χ3v) is 6.67. The minimum absolute atomic E-state index is 0.103. The van der Waals surface area contributed by atoms with Crippen LogP contribution in [0, 0.1) is 0 Å². The third kappa shape index (κ3) is 5.47. The molecule has 1 aliphatic heterocycles. The van der Waals surface area contributed by atoms with E-state index in [2.05, 4.69) is 0 Å². The van der Waals surface area contributed by atoms with Crippen LogP contribution in [0.15, 0.2) is 51.6 Å². The molecule has 1 aromatic carbocycles. The minimum Gasteiger partial charge on any atom is -0.464 e. The summed E-state index contributed by atoms with van der Waals surface area (Å²) in [6.45, 7) is 0.510. The zero-order chi connectivity index (χ0) is 23.2. The molecule has 2 atom stereocenters. The molecule has 7 heteroatoms. The smallest absolute Gasteiger partial charge is 0.288 e.